The molecule has 8 aromatic rings. The normalized spacial score (nSPS) is 12.5. The molecule has 62 heavy (non-hydrogen) atoms. The van der Waals surface area contributed by atoms with Gasteiger partial charge in [-0.25, -0.2) is 0 Å². The first-order chi connectivity index (χ1) is 28.2. The van der Waals surface area contributed by atoms with Gasteiger partial charge in [-0.1, -0.05) is 42.6 Å². The quantitative estimate of drug-likeness (QED) is 0.0542. The van der Waals surface area contributed by atoms with Gasteiger partial charge in [0.2, 0.25) is 0 Å². The van der Waals surface area contributed by atoms with Crippen LogP contribution in [0.25, 0.3) is 49.0 Å². The average Bonchev–Trinajstić information content (AvgIpc) is 3.77. The van der Waals surface area contributed by atoms with Gasteiger partial charge in [-0.15, -0.1) is 28.5 Å². The van der Waals surface area contributed by atoms with Gasteiger partial charge in [0, 0.05) is 0 Å². The van der Waals surface area contributed by atoms with Crippen molar-refractivity contribution in [3.8, 4) is 11.1 Å². The second-order valence-electron chi connectivity index (χ2n) is 14.2. The summed E-state index contributed by atoms with van der Waals surface area (Å²) in [6.45, 7) is 7.13. The Bertz CT molecular complexity index is 3050. The molecular weight excluding hydrogens is 909 g/mol. The third kappa shape index (κ3) is 7.87. The molecule has 0 unspecified atom stereocenters. The maximum Gasteiger partial charge on any atom is 3.00 e. The molecule has 0 saturated carbocycles. The molecule has 1 aliphatic rings. The topological polar surface area (TPSA) is 0 Å². The van der Waals surface area contributed by atoms with Gasteiger partial charge in [0.15, 0.2) is 0 Å². The number of hydrogen-bond acceptors (Lipinski definition) is 0. The van der Waals surface area contributed by atoms with Gasteiger partial charge in [0.05, 0.1) is 0 Å². The summed E-state index contributed by atoms with van der Waals surface area (Å²) >= 11 is 0. The molecule has 0 bridgehead atoms. The van der Waals surface area contributed by atoms with Gasteiger partial charge in [-0.3, -0.25) is 0 Å². The maximum absolute atomic E-state index is 15.4. The Hall–Kier alpha value is -5.26. The minimum atomic E-state index is -2.35. The number of allylic oxidation sites excluding steroid dienone is 1. The Morgan fingerprint density at radius 1 is 0.468 bits per heavy atom. The molecule has 0 heterocycles. The molecule has 0 atom stereocenters. The van der Waals surface area contributed by atoms with Crippen molar-refractivity contribution in [1.29, 1.82) is 0 Å². The van der Waals surface area contributed by atoms with E-state index in [0.29, 0.717) is 0 Å². The van der Waals surface area contributed by atoms with E-state index in [-0.39, 0.29) is 79.6 Å². The number of fused-ring (bicyclic) bond motifs is 6. The predicted molar refractivity (Wildman–Crippen MR) is 229 cm³/mol. The first kappa shape index (κ1) is 47.8. The van der Waals surface area contributed by atoms with Crippen LogP contribution in [0.2, 0.25) is 6.55 Å². The van der Waals surface area contributed by atoms with Crippen molar-refractivity contribution in [3.05, 3.63) is 210 Å². The third-order valence-corrected chi connectivity index (χ3v) is 12.6. The molecule has 9 rings (SSSR count). The molecule has 2 radical (unpaired) electrons. The molecule has 0 fully saturated rings. The second-order valence-corrected chi connectivity index (χ2v) is 16.4. The number of rotatable bonds is 4. The summed E-state index contributed by atoms with van der Waals surface area (Å²) in [5.74, 6) is -21.8. The average molecular weight is 942 g/mol. The third-order valence-electron chi connectivity index (χ3n) is 10.7. The zero-order valence-corrected chi connectivity index (χ0v) is 37.2. The fraction of sp³-hybridized carbons (Fsp3) is 0.0612. The molecule has 310 valence electrons. The van der Waals surface area contributed by atoms with Gasteiger partial charge in [-0.05, 0) is 5.39 Å². The Labute approximate surface area is 373 Å². The first-order valence-electron chi connectivity index (χ1n) is 18.2. The standard InChI is InChI=1S/C33H16BF10Si.C14H11.2CH3.Zr/c1-13-19(22-26(37)30(41)33(44)31(42)27(22)38)20-16-11-7-6-10-15(16)17(21-24(35)28(39)32(43)29(40)25(21)36)12-18(20)23(13)34-45(2)14-8-4-3-5-9-14;1-10-8-12-7-6-11-4-2-3-5-13(11)14(12)9-10;;;/h3-12H,1-2H3;2-9H,1H3;2*1H3;/q;3*-1;+3. The van der Waals surface area contributed by atoms with Crippen LogP contribution >= 0.6 is 0 Å². The number of halogens is 10. The van der Waals surface area contributed by atoms with Crippen LogP contribution in [0.4, 0.5) is 43.9 Å². The summed E-state index contributed by atoms with van der Waals surface area (Å²) in [6, 6.07) is 33.0. The summed E-state index contributed by atoms with van der Waals surface area (Å²) in [4.78, 5) is 0. The van der Waals surface area contributed by atoms with E-state index in [0.717, 1.165) is 11.3 Å². The summed E-state index contributed by atoms with van der Waals surface area (Å²) in [6.07, 6.45) is 0. The van der Waals surface area contributed by atoms with Crippen molar-refractivity contribution in [2.24, 2.45) is 0 Å². The van der Waals surface area contributed by atoms with Crippen molar-refractivity contribution < 1.29 is 70.1 Å². The Kier molecular flexibility index (Phi) is 14.3. The predicted octanol–water partition coefficient (Wildman–Crippen LogP) is 13.4. The first-order valence-corrected chi connectivity index (χ1v) is 20.3. The zero-order valence-electron chi connectivity index (χ0n) is 33.7. The van der Waals surface area contributed by atoms with Crippen molar-refractivity contribution in [2.45, 2.75) is 20.4 Å². The summed E-state index contributed by atoms with van der Waals surface area (Å²) in [5, 5.41) is 6.19. The van der Waals surface area contributed by atoms with E-state index in [2.05, 4.69) is 55.5 Å². The van der Waals surface area contributed by atoms with Gasteiger partial charge >= 0.3 is 278 Å². The molecule has 0 aliphatic heterocycles. The largest absolute Gasteiger partial charge is 3.00 e. The van der Waals surface area contributed by atoms with Crippen LogP contribution in [-0.2, 0) is 26.2 Å². The molecule has 0 aromatic heterocycles. The Balaban J connectivity index is 0.000000360. The van der Waals surface area contributed by atoms with Gasteiger partial charge in [0.1, 0.15) is 0 Å². The van der Waals surface area contributed by atoms with E-state index in [1.165, 1.54) is 58.3 Å². The fourth-order valence-electron chi connectivity index (χ4n) is 7.87. The molecule has 0 nitrogen and oxygen atoms in total. The molecule has 0 spiro atoms. The number of hydrogen-bond donors (Lipinski definition) is 0. The second kappa shape index (κ2) is 18.6. The van der Waals surface area contributed by atoms with Crippen LogP contribution < -0.4 is 5.19 Å². The van der Waals surface area contributed by atoms with E-state index < -0.39 is 83.5 Å². The van der Waals surface area contributed by atoms with E-state index in [1.54, 1.807) is 24.7 Å². The summed E-state index contributed by atoms with van der Waals surface area (Å²) < 4.78 is 147. The van der Waals surface area contributed by atoms with E-state index in [9.17, 15) is 26.3 Å². The molecule has 8 aromatic carbocycles. The zero-order chi connectivity index (χ0) is 42.0. The van der Waals surface area contributed by atoms with E-state index in [4.69, 9.17) is 0 Å². The van der Waals surface area contributed by atoms with Crippen molar-refractivity contribution in [1.82, 2.24) is 0 Å². The van der Waals surface area contributed by atoms with Crippen LogP contribution in [0.15, 0.2) is 115 Å². The van der Waals surface area contributed by atoms with E-state index in [1.807, 2.05) is 18.7 Å². The molecular formula is C49H33BF10SiZr. The maximum atomic E-state index is 15.4. The van der Waals surface area contributed by atoms with Crippen molar-refractivity contribution >= 4 is 63.7 Å². The minimum Gasteiger partial charge on any atom is -0.358 e. The molecule has 13 heteroatoms. The van der Waals surface area contributed by atoms with Crippen LogP contribution in [0.3, 0.4) is 0 Å². The monoisotopic (exact) mass is 940 g/mol. The summed E-state index contributed by atoms with van der Waals surface area (Å²) in [7, 11) is -1.65. The molecule has 1 aliphatic carbocycles. The van der Waals surface area contributed by atoms with Crippen LogP contribution in [0, 0.1) is 79.9 Å². The molecule has 0 N–H and O–H groups in total. The van der Waals surface area contributed by atoms with Gasteiger partial charge < -0.3 is 14.9 Å². The Morgan fingerprint density at radius 3 is 1.53 bits per heavy atom. The minimum absolute atomic E-state index is 0. The molecule has 0 amide bonds. The fourth-order valence-corrected chi connectivity index (χ4v) is 9.56. The van der Waals surface area contributed by atoms with Crippen molar-refractivity contribution in [3.63, 3.8) is 0 Å². The van der Waals surface area contributed by atoms with Gasteiger partial charge in [-0.2, -0.15) is 6.07 Å². The van der Waals surface area contributed by atoms with Crippen LogP contribution in [-0.4, -0.2) is 20.6 Å². The van der Waals surface area contributed by atoms with Crippen molar-refractivity contribution in [2.75, 3.05) is 0 Å². The molecule has 0 saturated heterocycles. The van der Waals surface area contributed by atoms with Crippen LogP contribution in [0.5, 0.6) is 0 Å². The van der Waals surface area contributed by atoms with Gasteiger partial charge in [0.25, 0.3) is 0 Å². The Morgan fingerprint density at radius 2 is 0.952 bits per heavy atom. The smallest absolute Gasteiger partial charge is 0.358 e. The summed E-state index contributed by atoms with van der Waals surface area (Å²) in [5.41, 5.74) is -1.59. The number of benzene rings is 7. The van der Waals surface area contributed by atoms with Crippen LogP contribution in [0.1, 0.15) is 29.2 Å². The van der Waals surface area contributed by atoms with E-state index >= 15 is 17.6 Å². The SMILES string of the molecule is CC1=C(c2c(F)c(F)c(F)c(F)c2F)c2c(cc(-c3c(F)c(F)c(F)c(F)c3F)c3ccccc23)C1=B[Si](C)c1ccccc1.Cc1cc2c(ccc3ccccc32)[cH-]1.[CH3-].[CH3-].[Zr+3]. The number of aryl methyl sites for hydroxylation is 1.